The minimum atomic E-state index is -0.850. The molecule has 0 aliphatic carbocycles. The van der Waals surface area contributed by atoms with Gasteiger partial charge in [-0.15, -0.1) is 0 Å². The third-order valence-electron chi connectivity index (χ3n) is 1.01. The molecule has 0 saturated carbocycles. The Morgan fingerprint density at radius 3 is 3.10 bits per heavy atom. The Morgan fingerprint density at radius 2 is 2.60 bits per heavy atom. The minimum Gasteiger partial charge on any atom is -0.538 e. The summed E-state index contributed by atoms with van der Waals surface area (Å²) in [7, 11) is -0.850. The van der Waals surface area contributed by atoms with Gasteiger partial charge in [0.1, 0.15) is 0 Å². The van der Waals surface area contributed by atoms with Gasteiger partial charge in [-0.1, -0.05) is 18.7 Å². The Kier molecular flexibility index (Phi) is 2.53. The number of thiophene rings is 1. The molecule has 0 amide bonds. The van der Waals surface area contributed by atoms with Crippen LogP contribution in [0.25, 0.3) is 0 Å². The van der Waals surface area contributed by atoms with Crippen molar-refractivity contribution in [1.82, 2.24) is 0 Å². The first-order chi connectivity index (χ1) is 4.84. The molecule has 1 aromatic rings. The van der Waals surface area contributed by atoms with E-state index in [-0.39, 0.29) is 0 Å². The zero-order chi connectivity index (χ0) is 7.40. The summed E-state index contributed by atoms with van der Waals surface area (Å²) in [6, 6.07) is 3.66. The van der Waals surface area contributed by atoms with E-state index in [1.165, 1.54) is 17.6 Å². The van der Waals surface area contributed by atoms with Crippen LogP contribution in [0.15, 0.2) is 30.4 Å². The van der Waals surface area contributed by atoms with Gasteiger partial charge in [0.25, 0.3) is 0 Å². The van der Waals surface area contributed by atoms with E-state index in [0.717, 1.165) is 4.78 Å². The Morgan fingerprint density at radius 1 is 1.80 bits per heavy atom. The third kappa shape index (κ3) is 1.62. The van der Waals surface area contributed by atoms with Crippen molar-refractivity contribution < 1.29 is 9.68 Å². The van der Waals surface area contributed by atoms with Crippen molar-refractivity contribution in [2.24, 2.45) is 0 Å². The van der Waals surface area contributed by atoms with Crippen LogP contribution in [0.2, 0.25) is 0 Å². The second-order valence-corrected chi connectivity index (χ2v) is 2.65. The topological polar surface area (TPSA) is 29.5 Å². The molecule has 0 aliphatic rings. The van der Waals surface area contributed by atoms with Crippen molar-refractivity contribution in [1.29, 1.82) is 0 Å². The highest BCUT2D eigenvalue weighted by molar-refractivity contribution is 7.20. The first-order valence-electron chi connectivity index (χ1n) is 2.82. The molecule has 0 spiro atoms. The molecule has 0 aromatic carbocycles. The molecular formula is C6H7BO2S. The Bertz CT molecular complexity index is 198. The molecule has 0 atom stereocenters. The Labute approximate surface area is 63.9 Å². The largest absolute Gasteiger partial charge is 0.570 e. The van der Waals surface area contributed by atoms with Crippen LogP contribution in [-0.4, -0.2) is 12.1 Å². The van der Waals surface area contributed by atoms with Gasteiger partial charge in [0, 0.05) is 4.78 Å². The zero-order valence-corrected chi connectivity index (χ0v) is 6.17. The minimum absolute atomic E-state index is 0.792. The molecule has 1 rings (SSSR count). The molecule has 1 aromatic heterocycles. The highest BCUT2D eigenvalue weighted by atomic mass is 32.1. The zero-order valence-electron chi connectivity index (χ0n) is 5.36. The van der Waals surface area contributed by atoms with E-state index in [1.54, 1.807) is 6.07 Å². The van der Waals surface area contributed by atoms with Crippen LogP contribution in [-0.2, 0) is 4.65 Å². The third-order valence-corrected chi connectivity index (χ3v) is 1.91. The smallest absolute Gasteiger partial charge is 0.538 e. The Hall–Kier alpha value is -0.735. The van der Waals surface area contributed by atoms with Crippen LogP contribution in [0.5, 0.6) is 0 Å². The van der Waals surface area contributed by atoms with Crippen molar-refractivity contribution in [3.8, 4) is 0 Å². The molecule has 1 heterocycles. The van der Waals surface area contributed by atoms with Gasteiger partial charge < -0.3 is 9.68 Å². The van der Waals surface area contributed by atoms with Gasteiger partial charge in [0.2, 0.25) is 0 Å². The standard InChI is InChI=1S/C6H7BO2S/c1-2-9-7(8)6-4-3-5-10-6/h2-5,8H,1H2. The van der Waals surface area contributed by atoms with E-state index in [0.29, 0.717) is 0 Å². The highest BCUT2D eigenvalue weighted by Gasteiger charge is 2.16. The van der Waals surface area contributed by atoms with E-state index in [4.69, 9.17) is 9.68 Å². The van der Waals surface area contributed by atoms with Gasteiger partial charge in [-0.25, -0.2) is 0 Å². The molecular weight excluding hydrogens is 147 g/mol. The van der Waals surface area contributed by atoms with Crippen molar-refractivity contribution in [3.63, 3.8) is 0 Å². The summed E-state index contributed by atoms with van der Waals surface area (Å²) in [4.78, 5) is 0. The molecule has 0 radical (unpaired) electrons. The van der Waals surface area contributed by atoms with Gasteiger partial charge in [-0.2, -0.15) is 11.3 Å². The molecule has 0 aliphatic heterocycles. The molecule has 4 heteroatoms. The maximum Gasteiger partial charge on any atom is 0.570 e. The quantitative estimate of drug-likeness (QED) is 0.510. The van der Waals surface area contributed by atoms with Crippen LogP contribution in [0, 0.1) is 0 Å². The summed E-state index contributed by atoms with van der Waals surface area (Å²) in [5.41, 5.74) is 0. The van der Waals surface area contributed by atoms with E-state index in [9.17, 15) is 0 Å². The van der Waals surface area contributed by atoms with Crippen molar-refractivity contribution >= 4 is 23.2 Å². The van der Waals surface area contributed by atoms with Gasteiger partial charge >= 0.3 is 7.12 Å². The average molecular weight is 154 g/mol. The Balaban J connectivity index is 2.58. The van der Waals surface area contributed by atoms with Crippen LogP contribution < -0.4 is 4.78 Å². The normalized spacial score (nSPS) is 8.90. The van der Waals surface area contributed by atoms with Gasteiger partial charge in [0.05, 0.1) is 6.26 Å². The van der Waals surface area contributed by atoms with Crippen LogP contribution in [0.4, 0.5) is 0 Å². The molecule has 0 saturated heterocycles. The first-order valence-corrected chi connectivity index (χ1v) is 3.70. The van der Waals surface area contributed by atoms with Crippen molar-refractivity contribution in [3.05, 3.63) is 30.4 Å². The lowest BCUT2D eigenvalue weighted by Crippen LogP contribution is -2.28. The van der Waals surface area contributed by atoms with Crippen LogP contribution >= 0.6 is 11.3 Å². The summed E-state index contributed by atoms with van der Waals surface area (Å²) < 4.78 is 5.51. The fourth-order valence-corrected chi connectivity index (χ4v) is 1.23. The van der Waals surface area contributed by atoms with Crippen molar-refractivity contribution in [2.75, 3.05) is 0 Å². The van der Waals surface area contributed by atoms with E-state index in [1.807, 2.05) is 11.4 Å². The number of rotatable bonds is 3. The lowest BCUT2D eigenvalue weighted by molar-refractivity contribution is 0.388. The SMILES string of the molecule is C=COB(O)c1cccs1. The van der Waals surface area contributed by atoms with Gasteiger partial charge in [-0.05, 0) is 5.38 Å². The van der Waals surface area contributed by atoms with Gasteiger partial charge in [-0.3, -0.25) is 0 Å². The lowest BCUT2D eigenvalue weighted by atomic mass is 9.89. The molecule has 10 heavy (non-hydrogen) atoms. The molecule has 0 bridgehead atoms. The van der Waals surface area contributed by atoms with Crippen LogP contribution in [0.1, 0.15) is 0 Å². The maximum absolute atomic E-state index is 9.13. The fourth-order valence-electron chi connectivity index (χ4n) is 0.590. The first kappa shape index (κ1) is 7.37. The van der Waals surface area contributed by atoms with E-state index < -0.39 is 7.12 Å². The van der Waals surface area contributed by atoms with Crippen LogP contribution in [0.3, 0.4) is 0 Å². The second kappa shape index (κ2) is 3.44. The molecule has 1 N–H and O–H groups in total. The van der Waals surface area contributed by atoms with Crippen molar-refractivity contribution in [2.45, 2.75) is 0 Å². The average Bonchev–Trinajstić information content (AvgIpc) is 2.38. The molecule has 0 fully saturated rings. The lowest BCUT2D eigenvalue weighted by Gasteiger charge is -1.99. The molecule has 52 valence electrons. The monoisotopic (exact) mass is 154 g/mol. The molecule has 2 nitrogen and oxygen atoms in total. The second-order valence-electron chi connectivity index (χ2n) is 1.67. The summed E-state index contributed by atoms with van der Waals surface area (Å²) in [6.45, 7) is 3.33. The van der Waals surface area contributed by atoms with Gasteiger partial charge in [0.15, 0.2) is 0 Å². The summed E-state index contributed by atoms with van der Waals surface area (Å²) >= 11 is 1.45. The van der Waals surface area contributed by atoms with E-state index >= 15 is 0 Å². The number of hydrogen-bond donors (Lipinski definition) is 1. The maximum atomic E-state index is 9.13. The summed E-state index contributed by atoms with van der Waals surface area (Å²) in [6.07, 6.45) is 1.23. The van der Waals surface area contributed by atoms with E-state index in [2.05, 4.69) is 6.58 Å². The summed E-state index contributed by atoms with van der Waals surface area (Å²) in [5.74, 6) is 0. The number of hydrogen-bond acceptors (Lipinski definition) is 3. The molecule has 0 unspecified atom stereocenters. The fraction of sp³-hybridized carbons (Fsp3) is 0. The predicted octanol–water partition coefficient (Wildman–Crippen LogP) is 0.596. The predicted molar refractivity (Wildman–Crippen MR) is 43.2 cm³/mol. The highest BCUT2D eigenvalue weighted by Crippen LogP contribution is 1.95. The summed E-state index contributed by atoms with van der Waals surface area (Å²) in [5, 5.41) is 11.0.